The Morgan fingerprint density at radius 1 is 1.31 bits per heavy atom. The van der Waals surface area contributed by atoms with Crippen molar-refractivity contribution in [2.45, 2.75) is 38.3 Å². The van der Waals surface area contributed by atoms with E-state index in [1.165, 1.54) is 18.4 Å². The van der Waals surface area contributed by atoms with Crippen molar-refractivity contribution in [2.75, 3.05) is 6.61 Å². The van der Waals surface area contributed by atoms with Gasteiger partial charge in [0.2, 0.25) is 0 Å². The van der Waals surface area contributed by atoms with Crippen molar-refractivity contribution in [1.82, 2.24) is 5.32 Å². The van der Waals surface area contributed by atoms with Gasteiger partial charge in [0.05, 0.1) is 0 Å². The van der Waals surface area contributed by atoms with Crippen LogP contribution in [0.5, 0.6) is 0 Å². The van der Waals surface area contributed by atoms with Gasteiger partial charge in [-0.1, -0.05) is 36.8 Å². The van der Waals surface area contributed by atoms with Crippen LogP contribution in [0.4, 0.5) is 0 Å². The highest BCUT2D eigenvalue weighted by Gasteiger charge is 2.27. The summed E-state index contributed by atoms with van der Waals surface area (Å²) in [6, 6.07) is 11.4. The van der Waals surface area contributed by atoms with Crippen LogP contribution in [0.2, 0.25) is 0 Å². The third-order valence-electron chi connectivity index (χ3n) is 3.66. The summed E-state index contributed by atoms with van der Waals surface area (Å²) in [5, 5.41) is 12.9. The Kier molecular flexibility index (Phi) is 3.97. The molecule has 0 amide bonds. The quantitative estimate of drug-likeness (QED) is 0.815. The molecule has 3 atom stereocenters. The molecule has 0 heterocycles. The molecule has 1 aromatic rings. The molecule has 1 saturated carbocycles. The van der Waals surface area contributed by atoms with E-state index in [4.69, 9.17) is 0 Å². The molecule has 0 saturated heterocycles. The molecule has 0 radical (unpaired) electrons. The molecule has 0 aromatic heterocycles. The minimum Gasteiger partial charge on any atom is -0.396 e. The third-order valence-corrected chi connectivity index (χ3v) is 3.66. The average Bonchev–Trinajstić information content (AvgIpc) is 2.77. The van der Waals surface area contributed by atoms with Gasteiger partial charge in [0.25, 0.3) is 0 Å². The van der Waals surface area contributed by atoms with Crippen LogP contribution in [-0.4, -0.2) is 17.8 Å². The minimum absolute atomic E-state index is 0.319. The predicted molar refractivity (Wildman–Crippen MR) is 66.2 cm³/mol. The summed E-state index contributed by atoms with van der Waals surface area (Å²) in [5.74, 6) is 0.450. The van der Waals surface area contributed by atoms with Crippen molar-refractivity contribution in [1.29, 1.82) is 0 Å². The Morgan fingerprint density at radius 2 is 2.06 bits per heavy atom. The van der Waals surface area contributed by atoms with Crippen LogP contribution in [-0.2, 0) is 0 Å². The van der Waals surface area contributed by atoms with Crippen LogP contribution >= 0.6 is 0 Å². The molecule has 88 valence electrons. The fourth-order valence-corrected chi connectivity index (χ4v) is 2.63. The van der Waals surface area contributed by atoms with Gasteiger partial charge in [0.1, 0.15) is 0 Å². The summed E-state index contributed by atoms with van der Waals surface area (Å²) in [4.78, 5) is 0. The van der Waals surface area contributed by atoms with E-state index in [1.54, 1.807) is 0 Å². The molecule has 1 aromatic carbocycles. The summed E-state index contributed by atoms with van der Waals surface area (Å²) in [6.45, 7) is 2.52. The van der Waals surface area contributed by atoms with Crippen molar-refractivity contribution in [2.24, 2.45) is 5.92 Å². The molecular formula is C14H21NO. The maximum atomic E-state index is 9.28. The molecule has 1 aliphatic rings. The zero-order chi connectivity index (χ0) is 11.4. The van der Waals surface area contributed by atoms with Crippen molar-refractivity contribution in [3.8, 4) is 0 Å². The molecule has 0 spiro atoms. The van der Waals surface area contributed by atoms with Crippen molar-refractivity contribution in [3.05, 3.63) is 35.9 Å². The van der Waals surface area contributed by atoms with Crippen LogP contribution in [0.25, 0.3) is 0 Å². The van der Waals surface area contributed by atoms with Crippen LogP contribution < -0.4 is 5.32 Å². The fourth-order valence-electron chi connectivity index (χ4n) is 2.63. The normalized spacial score (nSPS) is 26.9. The zero-order valence-corrected chi connectivity index (χ0v) is 9.89. The second-order valence-corrected chi connectivity index (χ2v) is 4.78. The topological polar surface area (TPSA) is 32.3 Å². The monoisotopic (exact) mass is 219 g/mol. The average molecular weight is 219 g/mol. The summed E-state index contributed by atoms with van der Waals surface area (Å²) < 4.78 is 0. The van der Waals surface area contributed by atoms with Gasteiger partial charge in [-0.2, -0.15) is 0 Å². The van der Waals surface area contributed by atoms with E-state index >= 15 is 0 Å². The maximum absolute atomic E-state index is 9.28. The lowest BCUT2D eigenvalue weighted by Gasteiger charge is -2.24. The minimum atomic E-state index is 0.319. The van der Waals surface area contributed by atoms with Gasteiger partial charge in [0.15, 0.2) is 0 Å². The van der Waals surface area contributed by atoms with Gasteiger partial charge < -0.3 is 10.4 Å². The molecule has 2 rings (SSSR count). The molecule has 0 bridgehead atoms. The van der Waals surface area contributed by atoms with E-state index in [2.05, 4.69) is 36.5 Å². The SMILES string of the molecule is C[C@H](N[C@H]1CCC[C@@H]1CO)c1ccccc1. The van der Waals surface area contributed by atoms with Gasteiger partial charge >= 0.3 is 0 Å². The van der Waals surface area contributed by atoms with E-state index in [9.17, 15) is 5.11 Å². The number of aliphatic hydroxyl groups is 1. The van der Waals surface area contributed by atoms with Gasteiger partial charge in [0, 0.05) is 18.7 Å². The van der Waals surface area contributed by atoms with E-state index in [1.807, 2.05) is 6.07 Å². The van der Waals surface area contributed by atoms with Crippen molar-refractivity contribution in [3.63, 3.8) is 0 Å². The Labute approximate surface area is 97.7 Å². The van der Waals surface area contributed by atoms with Gasteiger partial charge in [-0.25, -0.2) is 0 Å². The first kappa shape index (κ1) is 11.6. The van der Waals surface area contributed by atoms with E-state index in [0.29, 0.717) is 24.6 Å². The summed E-state index contributed by atoms with van der Waals surface area (Å²) in [7, 11) is 0. The zero-order valence-electron chi connectivity index (χ0n) is 9.89. The Bertz CT molecular complexity index is 312. The molecular weight excluding hydrogens is 198 g/mol. The first-order chi connectivity index (χ1) is 7.81. The first-order valence-corrected chi connectivity index (χ1v) is 6.23. The second kappa shape index (κ2) is 5.46. The summed E-state index contributed by atoms with van der Waals surface area (Å²) in [6.07, 6.45) is 3.60. The number of aliphatic hydroxyl groups excluding tert-OH is 1. The highest BCUT2D eigenvalue weighted by molar-refractivity contribution is 5.18. The third kappa shape index (κ3) is 2.63. The molecule has 0 unspecified atom stereocenters. The summed E-state index contributed by atoms with van der Waals surface area (Å²) in [5.41, 5.74) is 1.33. The first-order valence-electron chi connectivity index (χ1n) is 6.23. The number of rotatable bonds is 4. The lowest BCUT2D eigenvalue weighted by atomic mass is 10.0. The Hall–Kier alpha value is -0.860. The van der Waals surface area contributed by atoms with Gasteiger partial charge in [-0.15, -0.1) is 0 Å². The lowest BCUT2D eigenvalue weighted by Crippen LogP contribution is -2.35. The molecule has 16 heavy (non-hydrogen) atoms. The standard InChI is InChI=1S/C14H21NO/c1-11(12-6-3-2-4-7-12)15-14-9-5-8-13(14)10-16/h2-4,6-7,11,13-16H,5,8-10H2,1H3/t11-,13+,14-/m0/s1. The number of hydrogen-bond acceptors (Lipinski definition) is 2. The maximum Gasteiger partial charge on any atom is 0.0474 e. The second-order valence-electron chi connectivity index (χ2n) is 4.78. The Morgan fingerprint density at radius 3 is 2.75 bits per heavy atom. The van der Waals surface area contributed by atoms with Crippen LogP contribution in [0.3, 0.4) is 0 Å². The van der Waals surface area contributed by atoms with E-state index < -0.39 is 0 Å². The Balaban J connectivity index is 1.94. The van der Waals surface area contributed by atoms with Gasteiger partial charge in [-0.3, -0.25) is 0 Å². The number of nitrogens with one attached hydrogen (secondary N) is 1. The van der Waals surface area contributed by atoms with Crippen molar-refractivity contribution >= 4 is 0 Å². The fraction of sp³-hybridized carbons (Fsp3) is 0.571. The predicted octanol–water partition coefficient (Wildman–Crippen LogP) is 2.50. The molecule has 2 N–H and O–H groups in total. The number of hydrogen-bond donors (Lipinski definition) is 2. The highest BCUT2D eigenvalue weighted by Crippen LogP contribution is 2.27. The largest absolute Gasteiger partial charge is 0.396 e. The van der Waals surface area contributed by atoms with Gasteiger partial charge in [-0.05, 0) is 31.2 Å². The van der Waals surface area contributed by atoms with E-state index in [-0.39, 0.29) is 0 Å². The van der Waals surface area contributed by atoms with Crippen LogP contribution in [0.15, 0.2) is 30.3 Å². The molecule has 2 heteroatoms. The van der Waals surface area contributed by atoms with Crippen molar-refractivity contribution < 1.29 is 5.11 Å². The summed E-state index contributed by atoms with van der Waals surface area (Å²) >= 11 is 0. The molecule has 1 aliphatic carbocycles. The smallest absolute Gasteiger partial charge is 0.0474 e. The molecule has 1 fully saturated rings. The molecule has 0 aliphatic heterocycles. The number of benzene rings is 1. The highest BCUT2D eigenvalue weighted by atomic mass is 16.3. The molecule has 2 nitrogen and oxygen atoms in total. The lowest BCUT2D eigenvalue weighted by molar-refractivity contribution is 0.200. The van der Waals surface area contributed by atoms with Crippen LogP contribution in [0, 0.1) is 5.92 Å². The van der Waals surface area contributed by atoms with E-state index in [0.717, 1.165) is 6.42 Å². The van der Waals surface area contributed by atoms with Crippen LogP contribution in [0.1, 0.15) is 37.8 Å².